The fourth-order valence-corrected chi connectivity index (χ4v) is 1.78. The summed E-state index contributed by atoms with van der Waals surface area (Å²) in [5.74, 6) is 1.29. The molecular weight excluding hydrogens is 270 g/mol. The average Bonchev–Trinajstić information content (AvgIpc) is 2.53. The van der Waals surface area contributed by atoms with E-state index < -0.39 is 5.54 Å². The molecule has 1 aromatic rings. The minimum Gasteiger partial charge on any atom is -0.494 e. The quantitative estimate of drug-likeness (QED) is 0.709. The van der Waals surface area contributed by atoms with E-state index >= 15 is 0 Å². The van der Waals surface area contributed by atoms with E-state index in [0.29, 0.717) is 19.6 Å². The van der Waals surface area contributed by atoms with Gasteiger partial charge in [-0.2, -0.15) is 0 Å². The van der Waals surface area contributed by atoms with E-state index in [4.69, 9.17) is 14.2 Å². The Morgan fingerprint density at radius 2 is 1.67 bits per heavy atom. The summed E-state index contributed by atoms with van der Waals surface area (Å²) < 4.78 is 15.9. The third-order valence-electron chi connectivity index (χ3n) is 3.36. The molecule has 0 amide bonds. The molecule has 1 unspecified atom stereocenters. The lowest BCUT2D eigenvalue weighted by atomic mass is 9.99. The van der Waals surface area contributed by atoms with Crippen LogP contribution in [0.2, 0.25) is 0 Å². The van der Waals surface area contributed by atoms with Crippen molar-refractivity contribution in [3.05, 3.63) is 24.3 Å². The summed E-state index contributed by atoms with van der Waals surface area (Å²) in [6.07, 6.45) is 1.50. The largest absolute Gasteiger partial charge is 0.494 e. The maximum atomic E-state index is 11.7. The molecule has 5 nitrogen and oxygen atoms in total. The normalized spacial score (nSPS) is 13.3. The van der Waals surface area contributed by atoms with Gasteiger partial charge in [-0.25, -0.2) is 0 Å². The lowest BCUT2D eigenvalue weighted by Gasteiger charge is -2.25. The van der Waals surface area contributed by atoms with Crippen LogP contribution in [0.25, 0.3) is 0 Å². The van der Waals surface area contributed by atoms with E-state index in [1.54, 1.807) is 14.0 Å². The van der Waals surface area contributed by atoms with Gasteiger partial charge in [-0.05, 0) is 44.7 Å². The van der Waals surface area contributed by atoms with Gasteiger partial charge in [0, 0.05) is 6.42 Å². The van der Waals surface area contributed by atoms with E-state index in [0.717, 1.165) is 17.9 Å². The van der Waals surface area contributed by atoms with E-state index in [2.05, 4.69) is 12.2 Å². The van der Waals surface area contributed by atoms with Crippen LogP contribution >= 0.6 is 0 Å². The molecule has 0 aliphatic rings. The van der Waals surface area contributed by atoms with Crippen LogP contribution in [0.4, 0.5) is 0 Å². The number of ether oxygens (including phenoxy) is 3. The highest BCUT2D eigenvalue weighted by Crippen LogP contribution is 2.19. The van der Waals surface area contributed by atoms with Crippen LogP contribution in [-0.4, -0.2) is 38.9 Å². The Hall–Kier alpha value is -1.75. The Balaban J connectivity index is 2.46. The van der Waals surface area contributed by atoms with E-state index in [1.807, 2.05) is 24.3 Å². The zero-order valence-electron chi connectivity index (χ0n) is 13.3. The first kappa shape index (κ1) is 17.3. The molecule has 0 saturated heterocycles. The number of carbonyl (C=O) groups excluding carboxylic acids is 1. The number of rotatable bonds is 9. The molecule has 0 aliphatic heterocycles. The van der Waals surface area contributed by atoms with Crippen molar-refractivity contribution in [2.45, 2.75) is 32.2 Å². The molecule has 1 aromatic carbocycles. The fourth-order valence-electron chi connectivity index (χ4n) is 1.78. The second-order valence-corrected chi connectivity index (χ2v) is 4.99. The smallest absolute Gasteiger partial charge is 0.325 e. The molecule has 1 atom stereocenters. The van der Waals surface area contributed by atoms with Crippen LogP contribution in [0.5, 0.6) is 11.5 Å². The summed E-state index contributed by atoms with van der Waals surface area (Å²) in [5, 5.41) is 2.97. The van der Waals surface area contributed by atoms with Crippen molar-refractivity contribution in [3.63, 3.8) is 0 Å². The molecule has 1 rings (SSSR count). The van der Waals surface area contributed by atoms with Gasteiger partial charge < -0.3 is 19.5 Å². The lowest BCUT2D eigenvalue weighted by Crippen LogP contribution is -2.49. The van der Waals surface area contributed by atoms with Gasteiger partial charge in [0.2, 0.25) is 0 Å². The molecule has 118 valence electrons. The molecule has 0 aromatic heterocycles. The summed E-state index contributed by atoms with van der Waals surface area (Å²) >= 11 is 0. The topological polar surface area (TPSA) is 56.8 Å². The third kappa shape index (κ3) is 5.27. The Labute approximate surface area is 126 Å². The SMILES string of the molecule is CCCOc1ccc(OCCC(C)(NC)C(=O)OC)cc1. The maximum Gasteiger partial charge on any atom is 0.325 e. The van der Waals surface area contributed by atoms with Crippen molar-refractivity contribution in [2.24, 2.45) is 0 Å². The highest BCUT2D eigenvalue weighted by molar-refractivity contribution is 5.80. The molecule has 0 fully saturated rings. The standard InChI is InChI=1S/C16H25NO4/c1-5-11-20-13-6-8-14(9-7-13)21-12-10-16(2,17-3)15(18)19-4/h6-9,17H,5,10-12H2,1-4H3. The number of methoxy groups -OCH3 is 1. The van der Waals surface area contributed by atoms with Crippen molar-refractivity contribution in [2.75, 3.05) is 27.4 Å². The van der Waals surface area contributed by atoms with Crippen LogP contribution in [0.3, 0.4) is 0 Å². The molecule has 0 bridgehead atoms. The predicted molar refractivity (Wildman–Crippen MR) is 81.8 cm³/mol. The van der Waals surface area contributed by atoms with Crippen LogP contribution in [0, 0.1) is 0 Å². The van der Waals surface area contributed by atoms with Crippen LogP contribution in [0.1, 0.15) is 26.7 Å². The van der Waals surface area contributed by atoms with Gasteiger partial charge in [0.05, 0.1) is 20.3 Å². The number of hydrogen-bond acceptors (Lipinski definition) is 5. The number of carbonyl (C=O) groups is 1. The molecule has 0 spiro atoms. The first-order chi connectivity index (χ1) is 10.1. The maximum absolute atomic E-state index is 11.7. The summed E-state index contributed by atoms with van der Waals surface area (Å²) in [5.41, 5.74) is -0.737. The highest BCUT2D eigenvalue weighted by atomic mass is 16.5. The summed E-state index contributed by atoms with van der Waals surface area (Å²) in [7, 11) is 3.12. The first-order valence-electron chi connectivity index (χ1n) is 7.18. The van der Waals surface area contributed by atoms with Gasteiger partial charge in [-0.3, -0.25) is 4.79 Å². The van der Waals surface area contributed by atoms with Gasteiger partial charge in [0.1, 0.15) is 17.0 Å². The Morgan fingerprint density at radius 1 is 1.14 bits per heavy atom. The van der Waals surface area contributed by atoms with Gasteiger partial charge in [0.25, 0.3) is 0 Å². The molecule has 0 aliphatic carbocycles. The minimum absolute atomic E-state index is 0.295. The zero-order valence-corrected chi connectivity index (χ0v) is 13.3. The third-order valence-corrected chi connectivity index (χ3v) is 3.36. The number of esters is 1. The summed E-state index contributed by atoms with van der Waals surface area (Å²) in [6.45, 7) is 4.99. The predicted octanol–water partition coefficient (Wildman–Crippen LogP) is 2.40. The first-order valence-corrected chi connectivity index (χ1v) is 7.18. The van der Waals surface area contributed by atoms with Crippen molar-refractivity contribution < 1.29 is 19.0 Å². The molecule has 5 heteroatoms. The van der Waals surface area contributed by atoms with Crippen molar-refractivity contribution >= 4 is 5.97 Å². The number of likely N-dealkylation sites (N-methyl/N-ethyl adjacent to an activating group) is 1. The monoisotopic (exact) mass is 295 g/mol. The average molecular weight is 295 g/mol. The van der Waals surface area contributed by atoms with Crippen molar-refractivity contribution in [3.8, 4) is 11.5 Å². The number of hydrogen-bond donors (Lipinski definition) is 1. The summed E-state index contributed by atoms with van der Waals surface area (Å²) in [4.78, 5) is 11.7. The Kier molecular flexibility index (Phi) is 7.02. The molecule has 0 heterocycles. The number of nitrogens with one attached hydrogen (secondary N) is 1. The van der Waals surface area contributed by atoms with Crippen LogP contribution < -0.4 is 14.8 Å². The Morgan fingerprint density at radius 3 is 2.10 bits per heavy atom. The lowest BCUT2D eigenvalue weighted by molar-refractivity contribution is -0.148. The zero-order chi connectivity index (χ0) is 15.7. The number of benzene rings is 1. The molecular formula is C16H25NO4. The molecule has 1 N–H and O–H groups in total. The van der Waals surface area contributed by atoms with E-state index in [9.17, 15) is 4.79 Å². The molecule has 0 radical (unpaired) electrons. The summed E-state index contributed by atoms with van der Waals surface area (Å²) in [6, 6.07) is 7.48. The minimum atomic E-state index is -0.737. The van der Waals surface area contributed by atoms with Gasteiger partial charge in [0.15, 0.2) is 0 Å². The Bertz CT molecular complexity index is 432. The second kappa shape index (κ2) is 8.52. The van der Waals surface area contributed by atoms with Gasteiger partial charge >= 0.3 is 5.97 Å². The van der Waals surface area contributed by atoms with Crippen molar-refractivity contribution in [1.29, 1.82) is 0 Å². The van der Waals surface area contributed by atoms with Crippen molar-refractivity contribution in [1.82, 2.24) is 5.32 Å². The highest BCUT2D eigenvalue weighted by Gasteiger charge is 2.32. The van der Waals surface area contributed by atoms with Gasteiger partial charge in [-0.15, -0.1) is 0 Å². The van der Waals surface area contributed by atoms with Crippen LogP contribution in [0.15, 0.2) is 24.3 Å². The van der Waals surface area contributed by atoms with E-state index in [1.165, 1.54) is 7.11 Å². The molecule has 21 heavy (non-hydrogen) atoms. The molecule has 0 saturated carbocycles. The second-order valence-electron chi connectivity index (χ2n) is 4.99. The van der Waals surface area contributed by atoms with Gasteiger partial charge in [-0.1, -0.05) is 6.92 Å². The fraction of sp³-hybridized carbons (Fsp3) is 0.562. The van der Waals surface area contributed by atoms with E-state index in [-0.39, 0.29) is 5.97 Å². The van der Waals surface area contributed by atoms with Crippen LogP contribution in [-0.2, 0) is 9.53 Å².